The first kappa shape index (κ1) is 16.6. The maximum atomic E-state index is 13.1. The molecule has 0 spiro atoms. The van der Waals surface area contributed by atoms with Crippen LogP contribution in [0.15, 0.2) is 23.1 Å². The summed E-state index contributed by atoms with van der Waals surface area (Å²) in [5.41, 5.74) is 0. The molecule has 1 aliphatic heterocycles. The van der Waals surface area contributed by atoms with Gasteiger partial charge in [-0.25, -0.2) is 12.8 Å². The highest BCUT2D eigenvalue weighted by Gasteiger charge is 2.30. The Labute approximate surface area is 132 Å². The standard InChI is InChI=1S/C13H15ClFNO3S2/c1-8(20-10-2-3-12(15)11(14)6-10)13(17)16-9-4-5-21(18,19)7-9/h2-3,6,8-9H,4-5,7H2,1H3,(H,16,17)/t8-,9+/m0/s1. The number of amides is 1. The van der Waals surface area contributed by atoms with Crippen molar-refractivity contribution in [2.24, 2.45) is 0 Å². The highest BCUT2D eigenvalue weighted by Crippen LogP contribution is 2.27. The number of sulfone groups is 1. The first-order chi connectivity index (χ1) is 9.77. The van der Waals surface area contributed by atoms with Gasteiger partial charge in [0.05, 0.1) is 21.8 Å². The fourth-order valence-electron chi connectivity index (χ4n) is 2.04. The van der Waals surface area contributed by atoms with Gasteiger partial charge in [-0.2, -0.15) is 0 Å². The van der Waals surface area contributed by atoms with Crippen LogP contribution in [0.2, 0.25) is 5.02 Å². The summed E-state index contributed by atoms with van der Waals surface area (Å²) in [6, 6.07) is 3.95. The van der Waals surface area contributed by atoms with E-state index in [1.165, 1.54) is 23.9 Å². The predicted octanol–water partition coefficient (Wildman–Crippen LogP) is 2.26. The van der Waals surface area contributed by atoms with Crippen LogP contribution in [0.25, 0.3) is 0 Å². The summed E-state index contributed by atoms with van der Waals surface area (Å²) < 4.78 is 35.8. The number of thioether (sulfide) groups is 1. The molecule has 1 amide bonds. The maximum absolute atomic E-state index is 13.1. The number of carbonyl (C=O) groups excluding carboxylic acids is 1. The lowest BCUT2D eigenvalue weighted by Gasteiger charge is -2.15. The second-order valence-corrected chi connectivity index (χ2v) is 8.99. The topological polar surface area (TPSA) is 63.2 Å². The van der Waals surface area contributed by atoms with E-state index in [-0.39, 0.29) is 28.5 Å². The number of benzene rings is 1. The van der Waals surface area contributed by atoms with Crippen LogP contribution in [0, 0.1) is 5.82 Å². The molecule has 0 radical (unpaired) electrons. The molecule has 2 atom stereocenters. The van der Waals surface area contributed by atoms with Gasteiger partial charge in [0.25, 0.3) is 0 Å². The molecule has 0 saturated carbocycles. The van der Waals surface area contributed by atoms with Crippen LogP contribution in [0.1, 0.15) is 13.3 Å². The molecule has 1 aromatic carbocycles. The summed E-state index contributed by atoms with van der Waals surface area (Å²) in [6.07, 6.45) is 0.452. The smallest absolute Gasteiger partial charge is 0.233 e. The van der Waals surface area contributed by atoms with E-state index in [1.54, 1.807) is 13.0 Å². The van der Waals surface area contributed by atoms with E-state index in [0.717, 1.165) is 0 Å². The maximum Gasteiger partial charge on any atom is 0.233 e. The van der Waals surface area contributed by atoms with E-state index in [9.17, 15) is 17.6 Å². The molecule has 4 nitrogen and oxygen atoms in total. The minimum atomic E-state index is -3.02. The van der Waals surface area contributed by atoms with E-state index in [0.29, 0.717) is 11.3 Å². The van der Waals surface area contributed by atoms with Crippen molar-refractivity contribution < 1.29 is 17.6 Å². The number of hydrogen-bond acceptors (Lipinski definition) is 4. The Balaban J connectivity index is 1.92. The molecular formula is C13H15ClFNO3S2. The fraction of sp³-hybridized carbons (Fsp3) is 0.462. The lowest BCUT2D eigenvalue weighted by atomic mass is 10.2. The lowest BCUT2D eigenvalue weighted by Crippen LogP contribution is -2.39. The average Bonchev–Trinajstić information content (AvgIpc) is 2.73. The normalized spacial score (nSPS) is 22.0. The van der Waals surface area contributed by atoms with E-state index < -0.39 is 20.9 Å². The molecule has 0 bridgehead atoms. The summed E-state index contributed by atoms with van der Waals surface area (Å²) in [5, 5.41) is 2.32. The molecule has 1 aromatic rings. The third-order valence-electron chi connectivity index (χ3n) is 3.15. The molecule has 1 saturated heterocycles. The molecule has 0 unspecified atom stereocenters. The zero-order chi connectivity index (χ0) is 15.6. The van der Waals surface area contributed by atoms with Gasteiger partial charge in [-0.05, 0) is 31.5 Å². The molecule has 116 valence electrons. The molecule has 1 aliphatic rings. The number of carbonyl (C=O) groups is 1. The van der Waals surface area contributed by atoms with Crippen molar-refractivity contribution in [2.75, 3.05) is 11.5 Å². The Morgan fingerprint density at radius 3 is 2.81 bits per heavy atom. The van der Waals surface area contributed by atoms with Crippen molar-refractivity contribution in [1.29, 1.82) is 0 Å². The zero-order valence-electron chi connectivity index (χ0n) is 11.3. The fourth-order valence-corrected chi connectivity index (χ4v) is 4.87. The van der Waals surface area contributed by atoms with E-state index in [4.69, 9.17) is 11.6 Å². The van der Waals surface area contributed by atoms with E-state index in [2.05, 4.69) is 5.32 Å². The van der Waals surface area contributed by atoms with Crippen molar-refractivity contribution in [3.05, 3.63) is 29.0 Å². The van der Waals surface area contributed by atoms with Gasteiger partial charge in [0, 0.05) is 10.9 Å². The summed E-state index contributed by atoms with van der Waals surface area (Å²) in [5.74, 6) is -0.622. The summed E-state index contributed by atoms with van der Waals surface area (Å²) in [7, 11) is -3.02. The summed E-state index contributed by atoms with van der Waals surface area (Å²) in [4.78, 5) is 12.7. The monoisotopic (exact) mass is 351 g/mol. The SMILES string of the molecule is C[C@H](Sc1ccc(F)c(Cl)c1)C(=O)N[C@@H]1CCS(=O)(=O)C1. The van der Waals surface area contributed by atoms with Gasteiger partial charge in [-0.15, -0.1) is 11.8 Å². The third-order valence-corrected chi connectivity index (χ3v) is 6.30. The molecule has 1 N–H and O–H groups in total. The quantitative estimate of drug-likeness (QED) is 0.845. The molecule has 1 fully saturated rings. The van der Waals surface area contributed by atoms with Crippen LogP contribution in [-0.2, 0) is 14.6 Å². The Hall–Kier alpha value is -0.790. The zero-order valence-corrected chi connectivity index (χ0v) is 13.7. The second-order valence-electron chi connectivity index (χ2n) is 4.94. The van der Waals surface area contributed by atoms with Gasteiger partial charge in [-0.3, -0.25) is 4.79 Å². The predicted molar refractivity (Wildman–Crippen MR) is 81.9 cm³/mol. The summed E-state index contributed by atoms with van der Waals surface area (Å²) in [6.45, 7) is 1.71. The molecular weight excluding hydrogens is 337 g/mol. The molecule has 2 rings (SSSR count). The number of rotatable bonds is 4. The first-order valence-corrected chi connectivity index (χ1v) is 9.47. The van der Waals surface area contributed by atoms with Crippen molar-refractivity contribution in [3.63, 3.8) is 0 Å². The van der Waals surface area contributed by atoms with Gasteiger partial charge in [0.15, 0.2) is 9.84 Å². The van der Waals surface area contributed by atoms with Crippen LogP contribution >= 0.6 is 23.4 Å². The lowest BCUT2D eigenvalue weighted by molar-refractivity contribution is -0.120. The largest absolute Gasteiger partial charge is 0.351 e. The first-order valence-electron chi connectivity index (χ1n) is 6.39. The van der Waals surface area contributed by atoms with Crippen LogP contribution in [-0.4, -0.2) is 37.1 Å². The van der Waals surface area contributed by atoms with Crippen molar-refractivity contribution >= 4 is 39.1 Å². The second kappa shape index (κ2) is 6.54. The van der Waals surface area contributed by atoms with Crippen LogP contribution in [0.3, 0.4) is 0 Å². The van der Waals surface area contributed by atoms with Gasteiger partial charge < -0.3 is 5.32 Å². The average molecular weight is 352 g/mol. The Morgan fingerprint density at radius 2 is 2.24 bits per heavy atom. The van der Waals surface area contributed by atoms with E-state index in [1.807, 2.05) is 0 Å². The molecule has 21 heavy (non-hydrogen) atoms. The molecule has 1 heterocycles. The Kier molecular flexibility index (Phi) is 5.16. The number of halogens is 2. The van der Waals surface area contributed by atoms with Gasteiger partial charge in [0.1, 0.15) is 5.82 Å². The van der Waals surface area contributed by atoms with Gasteiger partial charge >= 0.3 is 0 Å². The van der Waals surface area contributed by atoms with Crippen molar-refractivity contribution in [1.82, 2.24) is 5.32 Å². The molecule has 0 aliphatic carbocycles. The molecule has 8 heteroatoms. The Bertz CT molecular complexity index is 651. The highest BCUT2D eigenvalue weighted by molar-refractivity contribution is 8.00. The van der Waals surface area contributed by atoms with E-state index >= 15 is 0 Å². The van der Waals surface area contributed by atoms with Crippen LogP contribution < -0.4 is 5.32 Å². The highest BCUT2D eigenvalue weighted by atomic mass is 35.5. The van der Waals surface area contributed by atoms with Crippen LogP contribution in [0.4, 0.5) is 4.39 Å². The number of hydrogen-bond donors (Lipinski definition) is 1. The third kappa shape index (κ3) is 4.59. The Morgan fingerprint density at radius 1 is 1.52 bits per heavy atom. The van der Waals surface area contributed by atoms with Gasteiger partial charge in [-0.1, -0.05) is 11.6 Å². The van der Waals surface area contributed by atoms with Gasteiger partial charge in [0.2, 0.25) is 5.91 Å². The minimum absolute atomic E-state index is 0.00149. The summed E-state index contributed by atoms with van der Waals surface area (Å²) >= 11 is 6.94. The van der Waals surface area contributed by atoms with Crippen molar-refractivity contribution in [2.45, 2.75) is 29.5 Å². The van der Waals surface area contributed by atoms with Crippen LogP contribution in [0.5, 0.6) is 0 Å². The number of nitrogens with one attached hydrogen (secondary N) is 1. The molecule has 0 aromatic heterocycles. The van der Waals surface area contributed by atoms with Crippen molar-refractivity contribution in [3.8, 4) is 0 Å². The minimum Gasteiger partial charge on any atom is -0.351 e.